The molecule has 0 radical (unpaired) electrons. The van der Waals surface area contributed by atoms with Crippen molar-refractivity contribution in [2.75, 3.05) is 7.11 Å². The van der Waals surface area contributed by atoms with Crippen LogP contribution in [-0.2, 0) is 7.05 Å². The molecule has 0 amide bonds. The first-order valence-electron chi connectivity index (χ1n) is 3.89. The third kappa shape index (κ3) is 1.21. The summed E-state index contributed by atoms with van der Waals surface area (Å²) in [7, 11) is 3.53. The van der Waals surface area contributed by atoms with Crippen molar-refractivity contribution in [3.05, 3.63) is 22.7 Å². The van der Waals surface area contributed by atoms with Gasteiger partial charge < -0.3 is 4.74 Å². The van der Waals surface area contributed by atoms with Gasteiger partial charge in [-0.05, 0) is 28.1 Å². The van der Waals surface area contributed by atoms with E-state index < -0.39 is 0 Å². The number of aryl methyl sites for hydroxylation is 1. The fourth-order valence-electron chi connectivity index (χ4n) is 1.38. The minimum atomic E-state index is 0.657. The molecule has 13 heavy (non-hydrogen) atoms. The van der Waals surface area contributed by atoms with Gasteiger partial charge in [-0.2, -0.15) is 0 Å². The molecule has 0 aliphatic carbocycles. The minimum absolute atomic E-state index is 0.657. The standard InChI is InChI=1S/C9H9BrN2O/c1-12-7-5-3-4-6(10)8(7)9(11-12)13-2/h3-5H,1-2H3. The first-order valence-corrected chi connectivity index (χ1v) is 4.68. The Bertz CT molecular complexity index is 450. The largest absolute Gasteiger partial charge is 0.479 e. The molecule has 0 spiro atoms. The fourth-order valence-corrected chi connectivity index (χ4v) is 1.90. The van der Waals surface area contributed by atoms with E-state index in [1.54, 1.807) is 11.8 Å². The van der Waals surface area contributed by atoms with Gasteiger partial charge in [0, 0.05) is 11.5 Å². The zero-order valence-corrected chi connectivity index (χ0v) is 9.00. The molecule has 3 nitrogen and oxygen atoms in total. The zero-order chi connectivity index (χ0) is 9.42. The average Bonchev–Trinajstić information content (AvgIpc) is 2.45. The number of aromatic nitrogens is 2. The molecule has 1 heterocycles. The highest BCUT2D eigenvalue weighted by Gasteiger charge is 2.10. The van der Waals surface area contributed by atoms with E-state index >= 15 is 0 Å². The normalized spacial score (nSPS) is 10.7. The zero-order valence-electron chi connectivity index (χ0n) is 7.41. The number of halogens is 1. The van der Waals surface area contributed by atoms with Crippen molar-refractivity contribution in [2.24, 2.45) is 7.05 Å². The van der Waals surface area contributed by atoms with Crippen LogP contribution in [0.2, 0.25) is 0 Å². The van der Waals surface area contributed by atoms with Gasteiger partial charge in [0.1, 0.15) is 0 Å². The van der Waals surface area contributed by atoms with Gasteiger partial charge in [0.25, 0.3) is 0 Å². The Morgan fingerprint density at radius 2 is 2.23 bits per heavy atom. The maximum atomic E-state index is 5.17. The smallest absolute Gasteiger partial charge is 0.241 e. The molecular formula is C9H9BrN2O. The number of hydrogen-bond donors (Lipinski definition) is 0. The Morgan fingerprint density at radius 1 is 1.46 bits per heavy atom. The van der Waals surface area contributed by atoms with Crippen LogP contribution < -0.4 is 4.74 Å². The quantitative estimate of drug-likeness (QED) is 0.766. The highest BCUT2D eigenvalue weighted by molar-refractivity contribution is 9.10. The molecule has 0 aliphatic heterocycles. The lowest BCUT2D eigenvalue weighted by atomic mass is 10.2. The van der Waals surface area contributed by atoms with E-state index in [4.69, 9.17) is 4.74 Å². The van der Waals surface area contributed by atoms with Crippen molar-refractivity contribution < 1.29 is 4.74 Å². The summed E-state index contributed by atoms with van der Waals surface area (Å²) in [5, 5.41) is 5.25. The van der Waals surface area contributed by atoms with E-state index in [9.17, 15) is 0 Å². The van der Waals surface area contributed by atoms with Crippen molar-refractivity contribution in [3.63, 3.8) is 0 Å². The number of hydrogen-bond acceptors (Lipinski definition) is 2. The van der Waals surface area contributed by atoms with Crippen LogP contribution in [0, 0.1) is 0 Å². The van der Waals surface area contributed by atoms with Crippen LogP contribution in [0.25, 0.3) is 10.9 Å². The fraction of sp³-hybridized carbons (Fsp3) is 0.222. The lowest BCUT2D eigenvalue weighted by Gasteiger charge is -1.95. The molecule has 0 atom stereocenters. The Kier molecular flexibility index (Phi) is 2.00. The molecule has 4 heteroatoms. The molecule has 0 saturated heterocycles. The molecule has 2 aromatic rings. The van der Waals surface area contributed by atoms with Crippen molar-refractivity contribution in [3.8, 4) is 5.88 Å². The second-order valence-corrected chi connectivity index (χ2v) is 3.62. The van der Waals surface area contributed by atoms with E-state index in [1.165, 1.54) is 0 Å². The van der Waals surface area contributed by atoms with Crippen LogP contribution in [0.15, 0.2) is 22.7 Å². The van der Waals surface area contributed by atoms with Crippen LogP contribution in [0.3, 0.4) is 0 Å². The lowest BCUT2D eigenvalue weighted by molar-refractivity contribution is 0.396. The summed E-state index contributed by atoms with van der Waals surface area (Å²) < 4.78 is 7.98. The molecule has 1 aromatic carbocycles. The monoisotopic (exact) mass is 240 g/mol. The number of benzene rings is 1. The minimum Gasteiger partial charge on any atom is -0.479 e. The van der Waals surface area contributed by atoms with Gasteiger partial charge in [-0.3, -0.25) is 4.68 Å². The molecule has 2 rings (SSSR count). The van der Waals surface area contributed by atoms with Crippen molar-refractivity contribution in [1.82, 2.24) is 9.78 Å². The van der Waals surface area contributed by atoms with Crippen molar-refractivity contribution in [1.29, 1.82) is 0 Å². The van der Waals surface area contributed by atoms with Crippen LogP contribution in [-0.4, -0.2) is 16.9 Å². The first kappa shape index (κ1) is 8.56. The average molecular weight is 241 g/mol. The van der Waals surface area contributed by atoms with Gasteiger partial charge in [0.15, 0.2) is 0 Å². The van der Waals surface area contributed by atoms with Crippen LogP contribution in [0.4, 0.5) is 0 Å². The highest BCUT2D eigenvalue weighted by Crippen LogP contribution is 2.30. The summed E-state index contributed by atoms with van der Waals surface area (Å²) in [6, 6.07) is 5.97. The van der Waals surface area contributed by atoms with E-state index in [0.717, 1.165) is 15.4 Å². The summed E-state index contributed by atoms with van der Waals surface area (Å²) in [6.07, 6.45) is 0. The molecule has 0 unspecified atom stereocenters. The number of fused-ring (bicyclic) bond motifs is 1. The van der Waals surface area contributed by atoms with Gasteiger partial charge in [-0.25, -0.2) is 0 Å². The molecule has 0 aliphatic rings. The SMILES string of the molecule is COc1nn(C)c2cccc(Br)c12. The Labute approximate surface area is 84.4 Å². The molecule has 0 fully saturated rings. The molecule has 68 valence electrons. The molecule has 0 bridgehead atoms. The Hall–Kier alpha value is -1.03. The summed E-state index contributed by atoms with van der Waals surface area (Å²) in [6.45, 7) is 0. The number of ether oxygens (including phenoxy) is 1. The van der Waals surface area contributed by atoms with Crippen LogP contribution in [0.1, 0.15) is 0 Å². The van der Waals surface area contributed by atoms with Gasteiger partial charge in [-0.15, -0.1) is 5.10 Å². The first-order chi connectivity index (χ1) is 6.24. The predicted octanol–water partition coefficient (Wildman–Crippen LogP) is 2.34. The summed E-state index contributed by atoms with van der Waals surface area (Å²) >= 11 is 3.47. The predicted molar refractivity (Wildman–Crippen MR) is 55.0 cm³/mol. The van der Waals surface area contributed by atoms with E-state index in [0.29, 0.717) is 5.88 Å². The second-order valence-electron chi connectivity index (χ2n) is 2.77. The van der Waals surface area contributed by atoms with E-state index in [-0.39, 0.29) is 0 Å². The summed E-state index contributed by atoms with van der Waals surface area (Å²) in [5.41, 5.74) is 1.06. The van der Waals surface area contributed by atoms with E-state index in [2.05, 4.69) is 21.0 Å². The van der Waals surface area contributed by atoms with Gasteiger partial charge >= 0.3 is 0 Å². The topological polar surface area (TPSA) is 27.1 Å². The number of methoxy groups -OCH3 is 1. The highest BCUT2D eigenvalue weighted by atomic mass is 79.9. The summed E-state index contributed by atoms with van der Waals surface area (Å²) in [4.78, 5) is 0. The van der Waals surface area contributed by atoms with Crippen molar-refractivity contribution in [2.45, 2.75) is 0 Å². The molecule has 0 N–H and O–H groups in total. The van der Waals surface area contributed by atoms with Crippen LogP contribution >= 0.6 is 15.9 Å². The third-order valence-corrected chi connectivity index (χ3v) is 2.65. The molecule has 0 saturated carbocycles. The van der Waals surface area contributed by atoms with E-state index in [1.807, 2.05) is 25.2 Å². The molecular weight excluding hydrogens is 232 g/mol. The van der Waals surface area contributed by atoms with Gasteiger partial charge in [0.05, 0.1) is 18.0 Å². The Balaban J connectivity index is 2.89. The Morgan fingerprint density at radius 3 is 2.92 bits per heavy atom. The maximum Gasteiger partial charge on any atom is 0.241 e. The number of rotatable bonds is 1. The van der Waals surface area contributed by atoms with Crippen molar-refractivity contribution >= 4 is 26.8 Å². The maximum absolute atomic E-state index is 5.17. The summed E-state index contributed by atoms with van der Waals surface area (Å²) in [5.74, 6) is 0.657. The number of nitrogens with zero attached hydrogens (tertiary/aromatic N) is 2. The molecule has 1 aromatic heterocycles. The third-order valence-electron chi connectivity index (χ3n) is 1.99. The van der Waals surface area contributed by atoms with Gasteiger partial charge in [-0.1, -0.05) is 6.07 Å². The van der Waals surface area contributed by atoms with Crippen LogP contribution in [0.5, 0.6) is 5.88 Å². The lowest BCUT2D eigenvalue weighted by Crippen LogP contribution is -1.89. The second kappa shape index (κ2) is 3.03. The van der Waals surface area contributed by atoms with Gasteiger partial charge in [0.2, 0.25) is 5.88 Å².